The minimum atomic E-state index is -0.984. The molecule has 0 aromatic carbocycles. The van der Waals surface area contributed by atoms with Crippen LogP contribution in [0, 0.1) is 11.3 Å². The van der Waals surface area contributed by atoms with Gasteiger partial charge in [0.25, 0.3) is 0 Å². The smallest absolute Gasteiger partial charge is 0.317 e. The molecule has 0 unspecified atom stereocenters. The number of carbonyl (C=O) groups is 2. The standard InChI is InChI=1S/C12H18O3/c13-10(9-5-2-1-3-6-9)12(11(14)15)7-4-8-12/h9H,1-8H2,(H,14,15). The second-order valence-electron chi connectivity index (χ2n) is 4.94. The number of hydrogen-bond acceptors (Lipinski definition) is 2. The van der Waals surface area contributed by atoms with Gasteiger partial charge in [0.1, 0.15) is 5.41 Å². The molecule has 2 rings (SSSR count). The Hall–Kier alpha value is -0.860. The zero-order valence-corrected chi connectivity index (χ0v) is 9.00. The largest absolute Gasteiger partial charge is 0.480 e. The Bertz CT molecular complexity index is 273. The molecule has 0 bridgehead atoms. The van der Waals surface area contributed by atoms with Crippen molar-refractivity contribution in [3.63, 3.8) is 0 Å². The van der Waals surface area contributed by atoms with Crippen molar-refractivity contribution >= 4 is 11.8 Å². The maximum atomic E-state index is 12.2. The fraction of sp³-hybridized carbons (Fsp3) is 0.833. The minimum Gasteiger partial charge on any atom is -0.480 e. The number of rotatable bonds is 3. The van der Waals surface area contributed by atoms with Crippen LogP contribution in [0.25, 0.3) is 0 Å². The first-order valence-electron chi connectivity index (χ1n) is 5.94. The molecular formula is C12H18O3. The summed E-state index contributed by atoms with van der Waals surface area (Å²) in [6, 6.07) is 0. The number of Topliss-reactive ketones (excluding diaryl/α,β-unsaturated/α-hetero) is 1. The second-order valence-corrected chi connectivity index (χ2v) is 4.94. The molecule has 0 heterocycles. The molecule has 0 aromatic rings. The Balaban J connectivity index is 2.07. The summed E-state index contributed by atoms with van der Waals surface area (Å²) < 4.78 is 0. The lowest BCUT2D eigenvalue weighted by Crippen LogP contribution is -2.48. The summed E-state index contributed by atoms with van der Waals surface area (Å²) in [6.07, 6.45) is 7.23. The third-order valence-corrected chi connectivity index (χ3v) is 4.06. The van der Waals surface area contributed by atoms with Gasteiger partial charge < -0.3 is 5.11 Å². The first-order chi connectivity index (χ1) is 7.17. The fourth-order valence-corrected chi connectivity index (χ4v) is 2.85. The van der Waals surface area contributed by atoms with Crippen molar-refractivity contribution in [2.45, 2.75) is 51.4 Å². The first kappa shape index (κ1) is 10.7. The lowest BCUT2D eigenvalue weighted by Gasteiger charge is -2.39. The molecule has 0 aliphatic heterocycles. The number of carboxylic acid groups (broad SMARTS) is 1. The Labute approximate surface area is 89.9 Å². The Kier molecular flexibility index (Phi) is 2.81. The zero-order valence-electron chi connectivity index (χ0n) is 9.00. The van der Waals surface area contributed by atoms with Crippen LogP contribution >= 0.6 is 0 Å². The molecular weight excluding hydrogens is 192 g/mol. The molecule has 84 valence electrons. The molecule has 0 atom stereocenters. The van der Waals surface area contributed by atoms with Crippen LogP contribution in [0.2, 0.25) is 0 Å². The summed E-state index contributed by atoms with van der Waals surface area (Å²) in [7, 11) is 0. The van der Waals surface area contributed by atoms with E-state index in [-0.39, 0.29) is 11.7 Å². The molecule has 15 heavy (non-hydrogen) atoms. The van der Waals surface area contributed by atoms with Crippen molar-refractivity contribution in [2.24, 2.45) is 11.3 Å². The van der Waals surface area contributed by atoms with Crippen LogP contribution in [-0.2, 0) is 9.59 Å². The SMILES string of the molecule is O=C(O)C1(C(=O)C2CCCCC2)CCC1. The quantitative estimate of drug-likeness (QED) is 0.728. The van der Waals surface area contributed by atoms with Crippen LogP contribution in [0.1, 0.15) is 51.4 Å². The van der Waals surface area contributed by atoms with E-state index in [1.54, 1.807) is 0 Å². The van der Waals surface area contributed by atoms with E-state index in [9.17, 15) is 9.59 Å². The van der Waals surface area contributed by atoms with Crippen LogP contribution in [0.3, 0.4) is 0 Å². The van der Waals surface area contributed by atoms with Gasteiger partial charge in [0.2, 0.25) is 0 Å². The van der Waals surface area contributed by atoms with Crippen molar-refractivity contribution in [3.05, 3.63) is 0 Å². The van der Waals surface area contributed by atoms with E-state index in [1.165, 1.54) is 6.42 Å². The van der Waals surface area contributed by atoms with E-state index < -0.39 is 11.4 Å². The zero-order chi connectivity index (χ0) is 10.9. The van der Waals surface area contributed by atoms with E-state index in [0.29, 0.717) is 12.8 Å². The molecule has 3 nitrogen and oxygen atoms in total. The summed E-state index contributed by atoms with van der Waals surface area (Å²) in [5.74, 6) is -0.819. The average Bonchev–Trinajstić information content (AvgIpc) is 2.16. The molecule has 2 aliphatic rings. The first-order valence-corrected chi connectivity index (χ1v) is 5.94. The molecule has 2 fully saturated rings. The Morgan fingerprint density at radius 1 is 1.00 bits per heavy atom. The Morgan fingerprint density at radius 3 is 2.00 bits per heavy atom. The maximum Gasteiger partial charge on any atom is 0.317 e. The molecule has 0 aromatic heterocycles. The van der Waals surface area contributed by atoms with Crippen molar-refractivity contribution < 1.29 is 14.7 Å². The third kappa shape index (κ3) is 1.68. The second kappa shape index (κ2) is 3.95. The molecule has 0 saturated heterocycles. The van der Waals surface area contributed by atoms with Gasteiger partial charge in [-0.25, -0.2) is 0 Å². The highest BCUT2D eigenvalue weighted by atomic mass is 16.4. The lowest BCUT2D eigenvalue weighted by molar-refractivity contribution is -0.163. The topological polar surface area (TPSA) is 54.4 Å². The highest BCUT2D eigenvalue weighted by Crippen LogP contribution is 2.45. The summed E-state index contributed by atoms with van der Waals surface area (Å²) in [5.41, 5.74) is -0.984. The van der Waals surface area contributed by atoms with E-state index in [2.05, 4.69) is 0 Å². The number of carboxylic acids is 1. The molecule has 1 N–H and O–H groups in total. The molecule has 0 spiro atoms. The monoisotopic (exact) mass is 210 g/mol. The van der Waals surface area contributed by atoms with Gasteiger partial charge in [-0.3, -0.25) is 9.59 Å². The number of carbonyl (C=O) groups excluding carboxylic acids is 1. The van der Waals surface area contributed by atoms with E-state index in [4.69, 9.17) is 5.11 Å². The van der Waals surface area contributed by atoms with Gasteiger partial charge >= 0.3 is 5.97 Å². The van der Waals surface area contributed by atoms with E-state index >= 15 is 0 Å². The van der Waals surface area contributed by atoms with E-state index in [0.717, 1.165) is 32.1 Å². The van der Waals surface area contributed by atoms with Crippen molar-refractivity contribution in [3.8, 4) is 0 Å². The van der Waals surface area contributed by atoms with Gasteiger partial charge in [-0.15, -0.1) is 0 Å². The predicted octanol–water partition coefficient (Wildman–Crippen LogP) is 2.39. The minimum absolute atomic E-state index is 0.0287. The fourth-order valence-electron chi connectivity index (χ4n) is 2.85. The van der Waals surface area contributed by atoms with Crippen LogP contribution in [0.15, 0.2) is 0 Å². The highest BCUT2D eigenvalue weighted by molar-refractivity contribution is 6.05. The van der Waals surface area contributed by atoms with Gasteiger partial charge in [0, 0.05) is 5.92 Å². The van der Waals surface area contributed by atoms with E-state index in [1.807, 2.05) is 0 Å². The molecule has 0 radical (unpaired) electrons. The normalized spacial score (nSPS) is 25.6. The van der Waals surface area contributed by atoms with Crippen molar-refractivity contribution in [2.75, 3.05) is 0 Å². The van der Waals surface area contributed by atoms with Gasteiger partial charge in [-0.2, -0.15) is 0 Å². The number of aliphatic carboxylic acids is 1. The molecule has 3 heteroatoms. The van der Waals surface area contributed by atoms with Gasteiger partial charge in [-0.05, 0) is 25.7 Å². The van der Waals surface area contributed by atoms with Crippen LogP contribution < -0.4 is 0 Å². The third-order valence-electron chi connectivity index (χ3n) is 4.06. The number of ketones is 1. The molecule has 2 saturated carbocycles. The maximum absolute atomic E-state index is 12.2. The van der Waals surface area contributed by atoms with Crippen molar-refractivity contribution in [1.82, 2.24) is 0 Å². The summed E-state index contributed by atoms with van der Waals surface area (Å²) >= 11 is 0. The van der Waals surface area contributed by atoms with Gasteiger partial charge in [0.05, 0.1) is 0 Å². The van der Waals surface area contributed by atoms with Crippen molar-refractivity contribution in [1.29, 1.82) is 0 Å². The van der Waals surface area contributed by atoms with Crippen LogP contribution in [0.4, 0.5) is 0 Å². The number of hydrogen-bond donors (Lipinski definition) is 1. The predicted molar refractivity (Wildman–Crippen MR) is 55.5 cm³/mol. The summed E-state index contributed by atoms with van der Waals surface area (Å²) in [4.78, 5) is 23.3. The Morgan fingerprint density at radius 2 is 1.60 bits per heavy atom. The summed E-state index contributed by atoms with van der Waals surface area (Å²) in [6.45, 7) is 0. The summed E-state index contributed by atoms with van der Waals surface area (Å²) in [5, 5.41) is 9.16. The van der Waals surface area contributed by atoms with Crippen LogP contribution in [0.5, 0.6) is 0 Å². The van der Waals surface area contributed by atoms with Gasteiger partial charge in [0.15, 0.2) is 5.78 Å². The lowest BCUT2D eigenvalue weighted by atomic mass is 9.62. The highest BCUT2D eigenvalue weighted by Gasteiger charge is 2.52. The van der Waals surface area contributed by atoms with Crippen LogP contribution in [-0.4, -0.2) is 16.9 Å². The molecule has 2 aliphatic carbocycles. The molecule has 0 amide bonds. The average molecular weight is 210 g/mol. The van der Waals surface area contributed by atoms with Gasteiger partial charge in [-0.1, -0.05) is 25.7 Å².